The van der Waals surface area contributed by atoms with Gasteiger partial charge in [0.2, 0.25) is 17.7 Å². The molecule has 1 fully saturated rings. The Hall–Kier alpha value is -4.16. The number of carbonyl (C=O) groups is 5. The van der Waals surface area contributed by atoms with Gasteiger partial charge in [0.05, 0.1) is 13.2 Å². The van der Waals surface area contributed by atoms with Gasteiger partial charge < -0.3 is 24.6 Å². The number of piperidine rings is 1. The van der Waals surface area contributed by atoms with Crippen molar-refractivity contribution in [3.8, 4) is 0 Å². The topological polar surface area (TPSA) is 183 Å². The van der Waals surface area contributed by atoms with E-state index < -0.39 is 23.6 Å². The van der Waals surface area contributed by atoms with E-state index in [1.54, 1.807) is 43.9 Å². The summed E-state index contributed by atoms with van der Waals surface area (Å²) in [5, 5.41) is 8.59. The fraction of sp³-hybridized carbons (Fsp3) is 0.607. The van der Waals surface area contributed by atoms with Gasteiger partial charge in [-0.2, -0.15) is 0 Å². The molecule has 14 nitrogen and oxygen atoms in total. The lowest BCUT2D eigenvalue weighted by Gasteiger charge is -2.29. The highest BCUT2D eigenvalue weighted by Crippen LogP contribution is 2.32. The summed E-state index contributed by atoms with van der Waals surface area (Å²) in [5.41, 5.74) is 9.29. The van der Waals surface area contributed by atoms with Crippen molar-refractivity contribution in [2.45, 2.75) is 77.5 Å². The maximum absolute atomic E-state index is 13.0. The van der Waals surface area contributed by atoms with Gasteiger partial charge in [-0.05, 0) is 57.7 Å². The number of fused-ring (bicyclic) bond motifs is 1. The highest BCUT2D eigenvalue weighted by atomic mass is 16.6. The van der Waals surface area contributed by atoms with Crippen molar-refractivity contribution < 1.29 is 33.4 Å². The number of nitrogens with zero attached hydrogens (tertiary/aromatic N) is 5. The van der Waals surface area contributed by atoms with E-state index in [1.807, 2.05) is 0 Å². The lowest BCUT2D eigenvalue weighted by atomic mass is 10.0. The van der Waals surface area contributed by atoms with Gasteiger partial charge in [-0.15, -0.1) is 0 Å². The molecule has 228 valence electrons. The Morgan fingerprint density at radius 2 is 1.95 bits per heavy atom. The van der Waals surface area contributed by atoms with E-state index in [2.05, 4.69) is 20.7 Å². The SMILES string of the molecule is CC(C)(C)OC(=O)N(CCCCCC(=O)Nc1cccc2c1CN(C1CCC(=O)NC1=O)C2=O)CCOCCN=[N+]=[N-]. The van der Waals surface area contributed by atoms with Crippen molar-refractivity contribution in [2.24, 2.45) is 5.11 Å². The summed E-state index contributed by atoms with van der Waals surface area (Å²) in [7, 11) is 0. The number of carbonyl (C=O) groups excluding carboxylic acids is 5. The van der Waals surface area contributed by atoms with Gasteiger partial charge >= 0.3 is 6.09 Å². The summed E-state index contributed by atoms with van der Waals surface area (Å²) < 4.78 is 10.9. The van der Waals surface area contributed by atoms with Gasteiger partial charge in [-0.1, -0.05) is 17.6 Å². The lowest BCUT2D eigenvalue weighted by molar-refractivity contribution is -0.137. The molecule has 2 aliphatic heterocycles. The number of nitrogens with one attached hydrogen (secondary N) is 2. The molecule has 1 aromatic carbocycles. The van der Waals surface area contributed by atoms with E-state index in [9.17, 15) is 24.0 Å². The summed E-state index contributed by atoms with van der Waals surface area (Å²) in [5.74, 6) is -1.33. The number of hydrogen-bond acceptors (Lipinski definition) is 8. The molecule has 2 heterocycles. The highest BCUT2D eigenvalue weighted by Gasteiger charge is 2.40. The number of azide groups is 1. The quantitative estimate of drug-likeness (QED) is 0.110. The Balaban J connectivity index is 1.46. The van der Waals surface area contributed by atoms with Crippen molar-refractivity contribution in [3.05, 3.63) is 39.8 Å². The Bertz CT molecular complexity index is 1220. The molecule has 0 spiro atoms. The second-order valence-electron chi connectivity index (χ2n) is 11.1. The molecule has 5 amide bonds. The largest absolute Gasteiger partial charge is 0.444 e. The van der Waals surface area contributed by atoms with E-state index in [0.29, 0.717) is 49.2 Å². The third kappa shape index (κ3) is 9.45. The molecule has 0 aliphatic carbocycles. The molecule has 0 saturated carbocycles. The average Bonchev–Trinajstić information content (AvgIpc) is 3.25. The lowest BCUT2D eigenvalue weighted by Crippen LogP contribution is -2.52. The highest BCUT2D eigenvalue weighted by molar-refractivity contribution is 6.06. The molecular formula is C28H39N7O7. The summed E-state index contributed by atoms with van der Waals surface area (Å²) >= 11 is 0. The molecule has 0 bridgehead atoms. The number of ether oxygens (including phenoxy) is 2. The van der Waals surface area contributed by atoms with Crippen LogP contribution in [0.25, 0.3) is 10.4 Å². The van der Waals surface area contributed by atoms with Crippen molar-refractivity contribution in [1.29, 1.82) is 0 Å². The monoisotopic (exact) mass is 585 g/mol. The summed E-state index contributed by atoms with van der Waals surface area (Å²) in [6.07, 6.45) is 2.18. The van der Waals surface area contributed by atoms with E-state index in [-0.39, 0.29) is 63.3 Å². The predicted octanol–water partition coefficient (Wildman–Crippen LogP) is 3.51. The van der Waals surface area contributed by atoms with Crippen molar-refractivity contribution >= 4 is 35.4 Å². The standard InChI is InChI=1S/C28H39N7O7/c1-28(2,3)42-27(40)34(15-17-41-16-13-30-33-29)14-6-4-5-10-23(36)31-21-9-7-8-19-20(21)18-35(26(19)39)22-11-12-24(37)32-25(22)38/h7-9,22H,4-6,10-18H2,1-3H3,(H,31,36)(H,32,37,38). The number of benzene rings is 1. The van der Waals surface area contributed by atoms with Gasteiger partial charge in [0.25, 0.3) is 5.91 Å². The summed E-state index contributed by atoms with van der Waals surface area (Å²) in [6.45, 7) is 7.05. The number of rotatable bonds is 14. The van der Waals surface area contributed by atoms with E-state index in [1.165, 1.54) is 4.90 Å². The Morgan fingerprint density at radius 3 is 2.67 bits per heavy atom. The Morgan fingerprint density at radius 1 is 1.17 bits per heavy atom. The first-order chi connectivity index (χ1) is 20.0. The number of imide groups is 1. The summed E-state index contributed by atoms with van der Waals surface area (Å²) in [4.78, 5) is 67.9. The van der Waals surface area contributed by atoms with Crippen LogP contribution in [0.15, 0.2) is 23.3 Å². The summed E-state index contributed by atoms with van der Waals surface area (Å²) in [6, 6.07) is 4.36. The van der Waals surface area contributed by atoms with Crippen LogP contribution in [-0.4, -0.2) is 84.0 Å². The van der Waals surface area contributed by atoms with Crippen LogP contribution in [0.3, 0.4) is 0 Å². The van der Waals surface area contributed by atoms with Gasteiger partial charge in [0.15, 0.2) is 0 Å². The van der Waals surface area contributed by atoms with Gasteiger partial charge in [-0.25, -0.2) is 4.79 Å². The average molecular weight is 586 g/mol. The zero-order valence-corrected chi connectivity index (χ0v) is 24.4. The van der Waals surface area contributed by atoms with Crippen molar-refractivity contribution in [3.63, 3.8) is 0 Å². The molecule has 2 aliphatic rings. The fourth-order valence-electron chi connectivity index (χ4n) is 4.73. The van der Waals surface area contributed by atoms with E-state index in [4.69, 9.17) is 15.0 Å². The number of amides is 5. The molecule has 1 saturated heterocycles. The molecule has 42 heavy (non-hydrogen) atoms. The zero-order valence-electron chi connectivity index (χ0n) is 24.4. The molecule has 0 aromatic heterocycles. The van der Waals surface area contributed by atoms with Crippen LogP contribution in [0.4, 0.5) is 10.5 Å². The number of hydrogen-bond donors (Lipinski definition) is 2. The van der Waals surface area contributed by atoms with Crippen LogP contribution in [0.1, 0.15) is 75.2 Å². The predicted molar refractivity (Wildman–Crippen MR) is 152 cm³/mol. The minimum absolute atomic E-state index is 0.169. The number of anilines is 1. The maximum atomic E-state index is 13.0. The molecule has 1 unspecified atom stereocenters. The minimum Gasteiger partial charge on any atom is -0.444 e. The first-order valence-electron chi connectivity index (χ1n) is 14.1. The normalized spacial score (nSPS) is 16.4. The van der Waals surface area contributed by atoms with Gasteiger partial charge in [-0.3, -0.25) is 24.5 Å². The molecule has 14 heteroatoms. The number of unbranched alkanes of at least 4 members (excludes halogenated alkanes) is 2. The van der Waals surface area contributed by atoms with Crippen LogP contribution < -0.4 is 10.6 Å². The molecule has 0 radical (unpaired) electrons. The van der Waals surface area contributed by atoms with Crippen LogP contribution in [0.5, 0.6) is 0 Å². The van der Waals surface area contributed by atoms with E-state index >= 15 is 0 Å². The first kappa shape index (κ1) is 32.4. The second-order valence-corrected chi connectivity index (χ2v) is 11.1. The first-order valence-corrected chi connectivity index (χ1v) is 14.1. The van der Waals surface area contributed by atoms with Crippen LogP contribution >= 0.6 is 0 Å². The molecule has 3 rings (SSSR count). The van der Waals surface area contributed by atoms with Crippen LogP contribution in [-0.2, 0) is 30.4 Å². The van der Waals surface area contributed by atoms with Gasteiger partial charge in [0.1, 0.15) is 11.6 Å². The van der Waals surface area contributed by atoms with Crippen LogP contribution in [0, 0.1) is 0 Å². The molecular weight excluding hydrogens is 546 g/mol. The third-order valence-corrected chi connectivity index (χ3v) is 6.74. The van der Waals surface area contributed by atoms with Gasteiger partial charge in [0, 0.05) is 60.7 Å². The molecule has 1 atom stereocenters. The van der Waals surface area contributed by atoms with Crippen molar-refractivity contribution in [2.75, 3.05) is 38.2 Å². The molecule has 2 N–H and O–H groups in total. The third-order valence-electron chi connectivity index (χ3n) is 6.74. The Kier molecular flexibility index (Phi) is 11.7. The molecule has 1 aromatic rings. The fourth-order valence-corrected chi connectivity index (χ4v) is 4.73. The van der Waals surface area contributed by atoms with Crippen LogP contribution in [0.2, 0.25) is 0 Å². The Labute approximate surface area is 244 Å². The minimum atomic E-state index is -0.726. The smallest absolute Gasteiger partial charge is 0.410 e. The second kappa shape index (κ2) is 15.2. The maximum Gasteiger partial charge on any atom is 0.410 e. The van der Waals surface area contributed by atoms with Crippen molar-refractivity contribution in [1.82, 2.24) is 15.1 Å². The zero-order chi connectivity index (χ0) is 30.7. The van der Waals surface area contributed by atoms with E-state index in [0.717, 1.165) is 0 Å².